The van der Waals surface area contributed by atoms with Crippen LogP contribution < -0.4 is 5.32 Å². The number of carbonyl (C=O) groups excluding carboxylic acids is 1. The van der Waals surface area contributed by atoms with Crippen LogP contribution >= 0.6 is 23.2 Å². The monoisotopic (exact) mass is 353 g/mol. The van der Waals surface area contributed by atoms with Gasteiger partial charge in [-0.25, -0.2) is 13.4 Å². The van der Waals surface area contributed by atoms with E-state index in [0.717, 1.165) is 4.31 Å². The van der Waals surface area contributed by atoms with Crippen molar-refractivity contribution in [3.8, 4) is 0 Å². The predicted molar refractivity (Wildman–Crippen MR) is 82.0 cm³/mol. The number of hydrogen-bond donors (Lipinski definition) is 1. The number of halogens is 2. The molecule has 0 atom stereocenters. The molecule has 0 fully saturated rings. The van der Waals surface area contributed by atoms with Crippen molar-refractivity contribution in [2.45, 2.75) is 31.7 Å². The molecule has 0 spiro atoms. The Bertz CT molecular complexity index is 620. The fourth-order valence-electron chi connectivity index (χ4n) is 1.63. The van der Waals surface area contributed by atoms with Gasteiger partial charge in [0, 0.05) is 12.6 Å². The molecular formula is C12H17Cl2N3O3S. The number of carbonyl (C=O) groups is 1. The van der Waals surface area contributed by atoms with Crippen molar-refractivity contribution in [3.63, 3.8) is 0 Å². The molecule has 1 aromatic rings. The Morgan fingerprint density at radius 1 is 1.38 bits per heavy atom. The summed E-state index contributed by atoms with van der Waals surface area (Å²) in [6.07, 6.45) is 0. The number of pyridine rings is 1. The summed E-state index contributed by atoms with van der Waals surface area (Å²) in [4.78, 5) is 15.3. The zero-order valence-corrected chi connectivity index (χ0v) is 14.3. The minimum absolute atomic E-state index is 0.0697. The van der Waals surface area contributed by atoms with Crippen molar-refractivity contribution in [1.82, 2.24) is 14.6 Å². The summed E-state index contributed by atoms with van der Waals surface area (Å²) in [5.41, 5.74) is 0. The van der Waals surface area contributed by atoms with Crippen molar-refractivity contribution in [2.24, 2.45) is 0 Å². The first-order chi connectivity index (χ1) is 9.68. The molecule has 1 heterocycles. The highest BCUT2D eigenvalue weighted by molar-refractivity contribution is 7.89. The first kappa shape index (κ1) is 18.2. The number of hydrogen-bond acceptors (Lipinski definition) is 4. The maximum absolute atomic E-state index is 12.5. The Morgan fingerprint density at radius 2 is 2.00 bits per heavy atom. The summed E-state index contributed by atoms with van der Waals surface area (Å²) in [5.74, 6) is -0.381. The molecular weight excluding hydrogens is 337 g/mol. The Balaban J connectivity index is 3.05. The lowest BCUT2D eigenvalue weighted by Gasteiger charge is -2.21. The quantitative estimate of drug-likeness (QED) is 0.792. The normalized spacial score (nSPS) is 12.0. The van der Waals surface area contributed by atoms with Gasteiger partial charge >= 0.3 is 0 Å². The van der Waals surface area contributed by atoms with Gasteiger partial charge in [0.05, 0.1) is 6.54 Å². The van der Waals surface area contributed by atoms with E-state index in [1.807, 2.05) is 0 Å². The molecule has 0 radical (unpaired) electrons. The van der Waals surface area contributed by atoms with E-state index in [9.17, 15) is 13.2 Å². The molecule has 118 valence electrons. The van der Waals surface area contributed by atoms with Crippen LogP contribution in [0.4, 0.5) is 0 Å². The summed E-state index contributed by atoms with van der Waals surface area (Å²) >= 11 is 11.5. The molecule has 0 aromatic carbocycles. The minimum Gasteiger partial charge on any atom is -0.353 e. The molecule has 0 unspecified atom stereocenters. The minimum atomic E-state index is -3.91. The van der Waals surface area contributed by atoms with Gasteiger partial charge in [-0.15, -0.1) is 0 Å². The smallest absolute Gasteiger partial charge is 0.246 e. The first-order valence-corrected chi connectivity index (χ1v) is 8.49. The Kier molecular flexibility index (Phi) is 6.40. The summed E-state index contributed by atoms with van der Waals surface area (Å²) in [6.45, 7) is 5.07. The Hall–Kier alpha value is -0.890. The highest BCUT2D eigenvalue weighted by Crippen LogP contribution is 2.24. The van der Waals surface area contributed by atoms with Crippen LogP contribution in [0.2, 0.25) is 10.3 Å². The third-order valence-electron chi connectivity index (χ3n) is 2.52. The van der Waals surface area contributed by atoms with E-state index in [2.05, 4.69) is 10.3 Å². The van der Waals surface area contributed by atoms with Gasteiger partial charge in [0.1, 0.15) is 10.0 Å². The lowest BCUT2D eigenvalue weighted by Crippen LogP contribution is -2.42. The predicted octanol–water partition coefficient (Wildman–Crippen LogP) is 1.92. The fourth-order valence-corrected chi connectivity index (χ4v) is 3.67. The van der Waals surface area contributed by atoms with Gasteiger partial charge in [0.15, 0.2) is 5.15 Å². The molecule has 6 nitrogen and oxygen atoms in total. The van der Waals surface area contributed by atoms with Crippen molar-refractivity contribution in [2.75, 3.05) is 13.1 Å². The van der Waals surface area contributed by atoms with Crippen LogP contribution in [0.5, 0.6) is 0 Å². The van der Waals surface area contributed by atoms with Crippen LogP contribution in [0, 0.1) is 0 Å². The van der Waals surface area contributed by atoms with Gasteiger partial charge in [-0.3, -0.25) is 4.79 Å². The summed E-state index contributed by atoms with van der Waals surface area (Å²) < 4.78 is 26.0. The molecule has 21 heavy (non-hydrogen) atoms. The molecule has 0 aliphatic rings. The third kappa shape index (κ3) is 4.81. The average Bonchev–Trinajstić information content (AvgIpc) is 2.34. The van der Waals surface area contributed by atoms with Crippen molar-refractivity contribution in [1.29, 1.82) is 0 Å². The maximum Gasteiger partial charge on any atom is 0.246 e. The van der Waals surface area contributed by atoms with Gasteiger partial charge in [-0.05, 0) is 26.0 Å². The van der Waals surface area contributed by atoms with Gasteiger partial charge in [-0.2, -0.15) is 4.31 Å². The molecule has 1 N–H and O–H groups in total. The van der Waals surface area contributed by atoms with Crippen LogP contribution in [0.15, 0.2) is 17.0 Å². The summed E-state index contributed by atoms with van der Waals surface area (Å²) in [5, 5.41) is 2.52. The molecule has 1 amide bonds. The van der Waals surface area contributed by atoms with E-state index in [4.69, 9.17) is 23.2 Å². The second kappa shape index (κ2) is 7.40. The van der Waals surface area contributed by atoms with Crippen molar-refractivity contribution < 1.29 is 13.2 Å². The first-order valence-electron chi connectivity index (χ1n) is 6.30. The van der Waals surface area contributed by atoms with Crippen LogP contribution in [-0.2, 0) is 14.8 Å². The average molecular weight is 354 g/mol. The van der Waals surface area contributed by atoms with Gasteiger partial charge in [-0.1, -0.05) is 30.1 Å². The number of amides is 1. The standard InChI is InChI=1S/C12H17Cl2N3O3S/c1-4-17(7-11(18)15-8(2)3)21(19,20)9-5-6-10(13)16-12(9)14/h5-6,8H,4,7H2,1-3H3,(H,15,18). The second-order valence-corrected chi connectivity index (χ2v) is 7.23. The van der Waals surface area contributed by atoms with Gasteiger partial charge in [0.2, 0.25) is 15.9 Å². The second-order valence-electron chi connectivity index (χ2n) is 4.58. The highest BCUT2D eigenvalue weighted by Gasteiger charge is 2.28. The topological polar surface area (TPSA) is 79.4 Å². The molecule has 1 rings (SSSR count). The Labute approximate surface area is 134 Å². The van der Waals surface area contributed by atoms with Gasteiger partial charge < -0.3 is 5.32 Å². The number of aromatic nitrogens is 1. The Morgan fingerprint density at radius 3 is 2.48 bits per heavy atom. The largest absolute Gasteiger partial charge is 0.353 e. The highest BCUT2D eigenvalue weighted by atomic mass is 35.5. The SMILES string of the molecule is CCN(CC(=O)NC(C)C)S(=O)(=O)c1ccc(Cl)nc1Cl. The van der Waals surface area contributed by atoms with Crippen LogP contribution in [0.3, 0.4) is 0 Å². The van der Waals surface area contributed by atoms with E-state index in [-0.39, 0.29) is 40.2 Å². The molecule has 0 aliphatic heterocycles. The molecule has 1 aromatic heterocycles. The number of nitrogens with one attached hydrogen (secondary N) is 1. The van der Waals surface area contributed by atoms with Crippen molar-refractivity contribution in [3.05, 3.63) is 22.4 Å². The number of likely N-dealkylation sites (N-methyl/N-ethyl adjacent to an activating group) is 1. The number of rotatable bonds is 6. The van der Waals surface area contributed by atoms with Gasteiger partial charge in [0.25, 0.3) is 0 Å². The molecule has 0 aliphatic carbocycles. The number of nitrogens with zero attached hydrogens (tertiary/aromatic N) is 2. The fraction of sp³-hybridized carbons (Fsp3) is 0.500. The zero-order chi connectivity index (χ0) is 16.2. The van der Waals surface area contributed by atoms with E-state index in [0.29, 0.717) is 0 Å². The molecule has 0 bridgehead atoms. The lowest BCUT2D eigenvalue weighted by atomic mass is 10.4. The third-order valence-corrected chi connectivity index (χ3v) is 5.08. The number of sulfonamides is 1. The van der Waals surface area contributed by atoms with E-state index in [1.54, 1.807) is 20.8 Å². The summed E-state index contributed by atoms with van der Waals surface area (Å²) in [6, 6.07) is 2.54. The van der Waals surface area contributed by atoms with Crippen LogP contribution in [0.1, 0.15) is 20.8 Å². The van der Waals surface area contributed by atoms with E-state index < -0.39 is 10.0 Å². The maximum atomic E-state index is 12.5. The molecule has 0 saturated heterocycles. The molecule has 9 heteroatoms. The van der Waals surface area contributed by atoms with E-state index in [1.165, 1.54) is 12.1 Å². The molecule has 0 saturated carbocycles. The van der Waals surface area contributed by atoms with Crippen LogP contribution in [0.25, 0.3) is 0 Å². The zero-order valence-electron chi connectivity index (χ0n) is 11.9. The van der Waals surface area contributed by atoms with Crippen molar-refractivity contribution >= 4 is 39.1 Å². The van der Waals surface area contributed by atoms with Crippen LogP contribution in [-0.4, -0.2) is 42.7 Å². The lowest BCUT2D eigenvalue weighted by molar-refractivity contribution is -0.121. The van der Waals surface area contributed by atoms with E-state index >= 15 is 0 Å². The summed E-state index contributed by atoms with van der Waals surface area (Å²) in [7, 11) is -3.91.